The highest BCUT2D eigenvalue weighted by Crippen LogP contribution is 2.63. The molecule has 6 rings (SSSR count). The lowest BCUT2D eigenvalue weighted by Gasteiger charge is -2.50. The van der Waals surface area contributed by atoms with E-state index in [9.17, 15) is 9.18 Å². The summed E-state index contributed by atoms with van der Waals surface area (Å²) in [5, 5.41) is 0. The van der Waals surface area contributed by atoms with Gasteiger partial charge in [0, 0.05) is 23.6 Å². The van der Waals surface area contributed by atoms with E-state index in [0.717, 1.165) is 56.4 Å². The van der Waals surface area contributed by atoms with Crippen molar-refractivity contribution in [1.82, 2.24) is 4.98 Å². The first-order valence-electron chi connectivity index (χ1n) is 12.9. The average molecular weight is 460 g/mol. The average Bonchev–Trinajstić information content (AvgIpc) is 3.18. The van der Waals surface area contributed by atoms with Crippen molar-refractivity contribution in [2.24, 2.45) is 22.7 Å². The van der Waals surface area contributed by atoms with Gasteiger partial charge in [-0.05, 0) is 96.1 Å². The molecule has 1 saturated carbocycles. The number of rotatable bonds is 5. The maximum absolute atomic E-state index is 13.9. The molecule has 3 nitrogen and oxygen atoms in total. The topological polar surface area (TPSA) is 39.2 Å². The predicted molar refractivity (Wildman–Crippen MR) is 131 cm³/mol. The number of carbonyl (C=O) groups excluding carboxylic acids is 1. The van der Waals surface area contributed by atoms with Gasteiger partial charge in [0.25, 0.3) is 0 Å². The summed E-state index contributed by atoms with van der Waals surface area (Å²) in [5.41, 5.74) is 6.24. The Hall–Kier alpha value is -2.33. The molecule has 0 bridgehead atoms. The second-order valence-electron chi connectivity index (χ2n) is 11.8. The van der Waals surface area contributed by atoms with Crippen molar-refractivity contribution in [3.05, 3.63) is 70.8 Å². The van der Waals surface area contributed by atoms with E-state index in [1.54, 1.807) is 6.07 Å². The lowest BCUT2D eigenvalue weighted by atomic mass is 9.54. The lowest BCUT2D eigenvalue weighted by Crippen LogP contribution is -2.41. The van der Waals surface area contributed by atoms with Crippen LogP contribution < -0.4 is 0 Å². The van der Waals surface area contributed by atoms with E-state index in [4.69, 9.17) is 4.74 Å². The monoisotopic (exact) mass is 459 g/mol. The van der Waals surface area contributed by atoms with Gasteiger partial charge in [-0.1, -0.05) is 32.1 Å². The van der Waals surface area contributed by atoms with Crippen LogP contribution in [0.25, 0.3) is 5.57 Å². The molecule has 0 unspecified atom stereocenters. The number of aryl methyl sites for hydroxylation is 1. The smallest absolute Gasteiger partial charge is 0.162 e. The number of allylic oxidation sites excluding steroid dienone is 2. The number of benzene rings is 1. The summed E-state index contributed by atoms with van der Waals surface area (Å²) in [6, 6.07) is 8.17. The summed E-state index contributed by atoms with van der Waals surface area (Å²) in [7, 11) is 0. The number of carbonyl (C=O) groups is 1. The molecule has 2 aromatic rings. The van der Waals surface area contributed by atoms with E-state index in [2.05, 4.69) is 43.1 Å². The van der Waals surface area contributed by atoms with E-state index in [1.165, 1.54) is 29.3 Å². The second-order valence-corrected chi connectivity index (χ2v) is 11.8. The van der Waals surface area contributed by atoms with Crippen molar-refractivity contribution < 1.29 is 13.9 Å². The molecule has 0 amide bonds. The fourth-order valence-electron chi connectivity index (χ4n) is 7.48. The maximum atomic E-state index is 13.9. The van der Waals surface area contributed by atoms with Crippen molar-refractivity contribution in [3.8, 4) is 0 Å². The van der Waals surface area contributed by atoms with E-state index >= 15 is 0 Å². The molecule has 4 heteroatoms. The zero-order valence-electron chi connectivity index (χ0n) is 20.3. The van der Waals surface area contributed by atoms with Crippen LogP contribution in [0, 0.1) is 28.5 Å². The third kappa shape index (κ3) is 3.57. The van der Waals surface area contributed by atoms with Gasteiger partial charge in [0.05, 0.1) is 19.4 Å². The summed E-state index contributed by atoms with van der Waals surface area (Å²) in [6.45, 7) is 6.16. The van der Waals surface area contributed by atoms with Crippen molar-refractivity contribution in [2.75, 3.05) is 13.2 Å². The maximum Gasteiger partial charge on any atom is 0.162 e. The lowest BCUT2D eigenvalue weighted by molar-refractivity contribution is -0.105. The van der Waals surface area contributed by atoms with Gasteiger partial charge in [-0.2, -0.15) is 0 Å². The second kappa shape index (κ2) is 8.12. The van der Waals surface area contributed by atoms with Crippen LogP contribution in [-0.4, -0.2) is 24.0 Å². The normalized spacial score (nSPS) is 31.0. The highest BCUT2D eigenvalue weighted by atomic mass is 19.1. The predicted octanol–water partition coefficient (Wildman–Crippen LogP) is 6.77. The molecule has 0 radical (unpaired) electrons. The fourth-order valence-corrected chi connectivity index (χ4v) is 7.48. The van der Waals surface area contributed by atoms with Gasteiger partial charge in [-0.3, -0.25) is 9.78 Å². The number of pyridine rings is 1. The number of fused-ring (bicyclic) bond motifs is 5. The van der Waals surface area contributed by atoms with E-state index in [0.29, 0.717) is 24.2 Å². The first-order valence-corrected chi connectivity index (χ1v) is 12.9. The van der Waals surface area contributed by atoms with Gasteiger partial charge in [0.1, 0.15) is 5.82 Å². The van der Waals surface area contributed by atoms with Gasteiger partial charge in [0.2, 0.25) is 0 Å². The number of nitrogens with zero attached hydrogens (tertiary/aromatic N) is 1. The van der Waals surface area contributed by atoms with Crippen LogP contribution in [0.1, 0.15) is 85.3 Å². The molecule has 4 atom stereocenters. The molecule has 2 fully saturated rings. The molecule has 34 heavy (non-hydrogen) atoms. The Labute approximate surface area is 201 Å². The Bertz CT molecular complexity index is 1170. The third-order valence-electron chi connectivity index (χ3n) is 9.50. The van der Waals surface area contributed by atoms with Crippen LogP contribution >= 0.6 is 0 Å². The highest BCUT2D eigenvalue weighted by Gasteiger charge is 2.52. The molecule has 2 heterocycles. The Kier molecular flexibility index (Phi) is 5.29. The molecule has 4 aliphatic rings. The molecule has 0 spiro atoms. The van der Waals surface area contributed by atoms with Crippen LogP contribution in [-0.2, 0) is 11.2 Å². The Morgan fingerprint density at radius 3 is 2.79 bits per heavy atom. The molecule has 0 N–H and O–H groups in total. The van der Waals surface area contributed by atoms with E-state index < -0.39 is 0 Å². The Morgan fingerprint density at radius 2 is 2.03 bits per heavy atom. The van der Waals surface area contributed by atoms with Crippen LogP contribution in [0.4, 0.5) is 4.39 Å². The minimum atomic E-state index is -0.258. The summed E-state index contributed by atoms with van der Waals surface area (Å²) in [5.74, 6) is 1.80. The van der Waals surface area contributed by atoms with Gasteiger partial charge in [-0.15, -0.1) is 0 Å². The number of ether oxygens (including phenoxy) is 1. The first kappa shape index (κ1) is 22.2. The van der Waals surface area contributed by atoms with Crippen molar-refractivity contribution in [3.63, 3.8) is 0 Å². The fraction of sp³-hybridized carbons (Fsp3) is 0.533. The molecule has 1 saturated heterocycles. The summed E-state index contributed by atoms with van der Waals surface area (Å²) in [4.78, 5) is 17.0. The van der Waals surface area contributed by atoms with Gasteiger partial charge >= 0.3 is 0 Å². The number of aromatic nitrogens is 1. The number of hydrogen-bond acceptors (Lipinski definition) is 3. The molecule has 1 aromatic heterocycles. The summed E-state index contributed by atoms with van der Waals surface area (Å²) < 4.78 is 19.2. The Balaban J connectivity index is 1.20. The van der Waals surface area contributed by atoms with E-state index in [-0.39, 0.29) is 22.4 Å². The number of Topliss-reactive ketones (excluding diaryl/α,β-unsaturated/α-hetero) is 1. The van der Waals surface area contributed by atoms with Crippen molar-refractivity contribution in [1.29, 1.82) is 0 Å². The molecule has 1 aromatic carbocycles. The minimum Gasteiger partial charge on any atom is -0.380 e. The summed E-state index contributed by atoms with van der Waals surface area (Å²) >= 11 is 0. The van der Waals surface area contributed by atoms with Gasteiger partial charge in [-0.25, -0.2) is 4.39 Å². The number of hydrogen-bond donors (Lipinski definition) is 0. The third-order valence-corrected chi connectivity index (χ3v) is 9.50. The van der Waals surface area contributed by atoms with Crippen molar-refractivity contribution in [2.45, 2.75) is 64.7 Å². The quantitative estimate of drug-likeness (QED) is 0.463. The zero-order chi connectivity index (χ0) is 23.5. The zero-order valence-corrected chi connectivity index (χ0v) is 20.3. The number of halogens is 1. The summed E-state index contributed by atoms with van der Waals surface area (Å²) in [6.07, 6.45) is 12.5. The molecular weight excluding hydrogens is 425 g/mol. The van der Waals surface area contributed by atoms with E-state index in [1.807, 2.05) is 6.20 Å². The largest absolute Gasteiger partial charge is 0.380 e. The van der Waals surface area contributed by atoms with Gasteiger partial charge < -0.3 is 4.74 Å². The standard InChI is InChI=1S/C30H34FNO2/c1-29(17-34-18-29)11-10-28(33)20-4-5-23-19(13-20)3-6-25-24(23)9-12-30(2)26(7-8-27(25)30)21-14-22(31)16-32-15-21/h4-5,7,13-16,24-25,27H,3,6,8-12,17-18H2,1-2H3/t24-,25-,27+,30-/m1/s1. The van der Waals surface area contributed by atoms with Gasteiger partial charge in [0.15, 0.2) is 5.78 Å². The van der Waals surface area contributed by atoms with Crippen LogP contribution in [0.2, 0.25) is 0 Å². The number of ketones is 1. The Morgan fingerprint density at radius 1 is 1.18 bits per heavy atom. The highest BCUT2D eigenvalue weighted by molar-refractivity contribution is 5.96. The molecule has 3 aliphatic carbocycles. The molecule has 1 aliphatic heterocycles. The minimum absolute atomic E-state index is 0.0887. The molecular formula is C30H34FNO2. The molecule has 178 valence electrons. The van der Waals surface area contributed by atoms with Crippen LogP contribution in [0.3, 0.4) is 0 Å². The first-order chi connectivity index (χ1) is 16.4. The SMILES string of the molecule is CC1(CCC(=O)c2ccc3c(c2)CC[C@@H]2[C@@H]3CC[C@]3(C)C(c4cncc(F)c4)=CC[C@@H]23)COC1. The van der Waals surface area contributed by atoms with Crippen LogP contribution in [0.5, 0.6) is 0 Å². The van der Waals surface area contributed by atoms with Crippen LogP contribution in [0.15, 0.2) is 42.7 Å². The van der Waals surface area contributed by atoms with Crippen molar-refractivity contribution >= 4 is 11.4 Å².